The quantitative estimate of drug-likeness (QED) is 0.534. The number of benzene rings is 2. The van der Waals surface area contributed by atoms with Gasteiger partial charge in [0, 0.05) is 22.5 Å². The summed E-state index contributed by atoms with van der Waals surface area (Å²) in [6.07, 6.45) is 0. The first-order valence-corrected chi connectivity index (χ1v) is 5.56. The molecule has 0 radical (unpaired) electrons. The van der Waals surface area contributed by atoms with Gasteiger partial charge < -0.3 is 16.6 Å². The summed E-state index contributed by atoms with van der Waals surface area (Å²) in [6, 6.07) is 11.7. The smallest absolute Gasteiger partial charge is 0.335 e. The highest BCUT2D eigenvalue weighted by Gasteiger charge is 2.04. The first kappa shape index (κ1) is 12.5. The first-order chi connectivity index (χ1) is 9.04. The van der Waals surface area contributed by atoms with Gasteiger partial charge in [-0.1, -0.05) is 17.9 Å². The summed E-state index contributed by atoms with van der Waals surface area (Å²) >= 11 is 0. The summed E-state index contributed by atoms with van der Waals surface area (Å²) in [5, 5.41) is 8.94. The van der Waals surface area contributed by atoms with Gasteiger partial charge in [-0.05, 0) is 36.4 Å². The molecular weight excluding hydrogens is 240 g/mol. The minimum absolute atomic E-state index is 0.122. The Bertz CT molecular complexity index is 697. The third-order valence-corrected chi connectivity index (χ3v) is 2.44. The topological polar surface area (TPSA) is 89.3 Å². The number of hydrogen-bond acceptors (Lipinski definition) is 3. The number of anilines is 2. The molecule has 4 nitrogen and oxygen atoms in total. The number of nitrogen functional groups attached to an aromatic ring is 2. The van der Waals surface area contributed by atoms with Gasteiger partial charge in [0.05, 0.1) is 5.56 Å². The molecular formula is C15H12N2O2. The fourth-order valence-corrected chi connectivity index (χ4v) is 1.61. The summed E-state index contributed by atoms with van der Waals surface area (Å²) in [6.45, 7) is 0. The summed E-state index contributed by atoms with van der Waals surface area (Å²) in [5.74, 6) is 4.76. The molecule has 0 aromatic heterocycles. The molecule has 2 aromatic rings. The van der Waals surface area contributed by atoms with E-state index in [0.29, 0.717) is 16.9 Å². The van der Waals surface area contributed by atoms with Gasteiger partial charge in [-0.2, -0.15) is 0 Å². The zero-order valence-corrected chi connectivity index (χ0v) is 10.1. The Kier molecular flexibility index (Phi) is 3.39. The molecule has 2 aromatic carbocycles. The summed E-state index contributed by atoms with van der Waals surface area (Å²) in [4.78, 5) is 10.9. The van der Waals surface area contributed by atoms with Crippen LogP contribution in [0.5, 0.6) is 0 Å². The average Bonchev–Trinajstić information content (AvgIpc) is 2.36. The van der Waals surface area contributed by atoms with Crippen LogP contribution in [0.2, 0.25) is 0 Å². The van der Waals surface area contributed by atoms with Crippen molar-refractivity contribution in [2.75, 3.05) is 11.5 Å². The van der Waals surface area contributed by atoms with Crippen molar-refractivity contribution in [1.29, 1.82) is 0 Å². The van der Waals surface area contributed by atoms with E-state index in [1.807, 2.05) is 6.07 Å². The number of aromatic carboxylic acids is 1. The Morgan fingerprint density at radius 2 is 1.63 bits per heavy atom. The Morgan fingerprint density at radius 1 is 0.947 bits per heavy atom. The molecule has 4 heteroatoms. The van der Waals surface area contributed by atoms with Crippen LogP contribution in [-0.2, 0) is 0 Å². The van der Waals surface area contributed by atoms with Crippen LogP contribution in [-0.4, -0.2) is 11.1 Å². The monoisotopic (exact) mass is 252 g/mol. The molecule has 94 valence electrons. The van der Waals surface area contributed by atoms with Crippen molar-refractivity contribution < 1.29 is 9.90 Å². The molecule has 0 amide bonds. The predicted molar refractivity (Wildman–Crippen MR) is 74.6 cm³/mol. The number of carboxylic acids is 1. The van der Waals surface area contributed by atoms with Crippen LogP contribution in [0.25, 0.3) is 0 Å². The van der Waals surface area contributed by atoms with Crippen molar-refractivity contribution in [3.8, 4) is 11.8 Å². The van der Waals surface area contributed by atoms with Gasteiger partial charge in [-0.25, -0.2) is 4.79 Å². The van der Waals surface area contributed by atoms with E-state index in [2.05, 4.69) is 11.8 Å². The van der Waals surface area contributed by atoms with Crippen LogP contribution < -0.4 is 11.5 Å². The van der Waals surface area contributed by atoms with Gasteiger partial charge in [0.2, 0.25) is 0 Å². The van der Waals surface area contributed by atoms with E-state index in [1.165, 1.54) is 12.1 Å². The molecule has 2 rings (SSSR count). The zero-order chi connectivity index (χ0) is 13.8. The lowest BCUT2D eigenvalue weighted by Crippen LogP contribution is -1.98. The lowest BCUT2D eigenvalue weighted by Gasteiger charge is -1.99. The van der Waals surface area contributed by atoms with E-state index in [4.69, 9.17) is 16.6 Å². The summed E-state index contributed by atoms with van der Waals surface area (Å²) in [7, 11) is 0. The molecule has 0 saturated heterocycles. The number of carboxylic acid groups (broad SMARTS) is 1. The van der Waals surface area contributed by atoms with Gasteiger partial charge in [-0.15, -0.1) is 0 Å². The number of rotatable bonds is 1. The van der Waals surface area contributed by atoms with Crippen LogP contribution in [0, 0.1) is 11.8 Å². The fourth-order valence-electron chi connectivity index (χ4n) is 1.61. The molecule has 19 heavy (non-hydrogen) atoms. The van der Waals surface area contributed by atoms with Crippen LogP contribution >= 0.6 is 0 Å². The third kappa shape index (κ3) is 3.27. The largest absolute Gasteiger partial charge is 0.478 e. The standard InChI is InChI=1S/C15H12N2O2/c16-13-3-1-2-10(7-13)4-5-11-6-12(15(18)19)9-14(17)8-11/h1-3,6-9H,16-17H2,(H,18,19). The number of hydrogen-bond donors (Lipinski definition) is 3. The fraction of sp³-hybridized carbons (Fsp3) is 0. The zero-order valence-electron chi connectivity index (χ0n) is 10.1. The lowest BCUT2D eigenvalue weighted by molar-refractivity contribution is 0.0697. The van der Waals surface area contributed by atoms with Crippen LogP contribution in [0.1, 0.15) is 21.5 Å². The van der Waals surface area contributed by atoms with Crippen molar-refractivity contribution in [2.24, 2.45) is 0 Å². The molecule has 0 aliphatic rings. The third-order valence-electron chi connectivity index (χ3n) is 2.44. The number of nitrogens with two attached hydrogens (primary N) is 2. The first-order valence-electron chi connectivity index (χ1n) is 5.56. The molecule has 0 unspecified atom stereocenters. The average molecular weight is 252 g/mol. The highest BCUT2D eigenvalue weighted by molar-refractivity contribution is 5.89. The Morgan fingerprint density at radius 3 is 2.32 bits per heavy atom. The van der Waals surface area contributed by atoms with E-state index in [9.17, 15) is 4.79 Å². The Balaban J connectivity index is 2.37. The SMILES string of the molecule is Nc1cccc(C#Cc2cc(N)cc(C(=O)O)c2)c1. The molecule has 0 aliphatic heterocycles. The van der Waals surface area contributed by atoms with Crippen molar-refractivity contribution in [3.05, 3.63) is 59.2 Å². The molecule has 0 saturated carbocycles. The lowest BCUT2D eigenvalue weighted by atomic mass is 10.1. The maximum atomic E-state index is 10.9. The highest BCUT2D eigenvalue weighted by Crippen LogP contribution is 2.12. The van der Waals surface area contributed by atoms with E-state index >= 15 is 0 Å². The van der Waals surface area contributed by atoms with E-state index < -0.39 is 5.97 Å². The van der Waals surface area contributed by atoms with Gasteiger partial charge in [0.1, 0.15) is 0 Å². The molecule has 0 fully saturated rings. The summed E-state index contributed by atoms with van der Waals surface area (Å²) < 4.78 is 0. The highest BCUT2D eigenvalue weighted by atomic mass is 16.4. The van der Waals surface area contributed by atoms with Crippen molar-refractivity contribution in [3.63, 3.8) is 0 Å². The van der Waals surface area contributed by atoms with Crippen LogP contribution in [0.4, 0.5) is 11.4 Å². The van der Waals surface area contributed by atoms with Crippen molar-refractivity contribution >= 4 is 17.3 Å². The molecule has 0 atom stereocenters. The maximum absolute atomic E-state index is 10.9. The van der Waals surface area contributed by atoms with E-state index in [-0.39, 0.29) is 5.56 Å². The van der Waals surface area contributed by atoms with Crippen molar-refractivity contribution in [1.82, 2.24) is 0 Å². The van der Waals surface area contributed by atoms with Crippen molar-refractivity contribution in [2.45, 2.75) is 0 Å². The Labute approximate surface area is 110 Å². The molecule has 0 heterocycles. The van der Waals surface area contributed by atoms with Crippen LogP contribution in [0.3, 0.4) is 0 Å². The minimum Gasteiger partial charge on any atom is -0.478 e. The van der Waals surface area contributed by atoms with Gasteiger partial charge in [0.25, 0.3) is 0 Å². The minimum atomic E-state index is -1.03. The normalized spacial score (nSPS) is 9.47. The second-order valence-corrected chi connectivity index (χ2v) is 4.02. The maximum Gasteiger partial charge on any atom is 0.335 e. The molecule has 0 aliphatic carbocycles. The van der Waals surface area contributed by atoms with Gasteiger partial charge in [-0.3, -0.25) is 0 Å². The molecule has 0 spiro atoms. The molecule has 5 N–H and O–H groups in total. The predicted octanol–water partition coefficient (Wildman–Crippen LogP) is 1.95. The van der Waals surface area contributed by atoms with Gasteiger partial charge in [0.15, 0.2) is 0 Å². The van der Waals surface area contributed by atoms with Crippen LogP contribution in [0.15, 0.2) is 42.5 Å². The Hall–Kier alpha value is -2.93. The van der Waals surface area contributed by atoms with Gasteiger partial charge >= 0.3 is 5.97 Å². The second-order valence-electron chi connectivity index (χ2n) is 4.02. The number of carbonyl (C=O) groups is 1. The van der Waals surface area contributed by atoms with E-state index in [0.717, 1.165) is 5.56 Å². The molecule has 0 bridgehead atoms. The summed E-state index contributed by atoms with van der Waals surface area (Å²) in [5.41, 5.74) is 13.7. The van der Waals surface area contributed by atoms with E-state index in [1.54, 1.807) is 24.3 Å². The second kappa shape index (κ2) is 5.15.